The normalized spacial score (nSPS) is 17.2. The number of nitrogens with one attached hydrogen (secondary N) is 1. The number of hydrogen-bond acceptors (Lipinski definition) is 5. The SMILES string of the molecule is C=C1NC(=Nc2cc(N3CCN(C(=O)OC(C)(C)C)CC3)ccc2C)N(Cc2ccc(F)c(Cl)c2)C=C1OC. The Morgan fingerprint density at radius 3 is 2.51 bits per heavy atom. The Hall–Kier alpha value is -3.72. The second-order valence-corrected chi connectivity index (χ2v) is 10.9. The Morgan fingerprint density at radius 1 is 1.15 bits per heavy atom. The highest BCUT2D eigenvalue weighted by Gasteiger charge is 2.26. The lowest BCUT2D eigenvalue weighted by Gasteiger charge is -2.37. The number of guanidine groups is 1. The molecule has 1 N–H and O–H groups in total. The number of anilines is 1. The number of aryl methyl sites for hydroxylation is 1. The standard InChI is InChI=1S/C29H35ClFN5O3/c1-19-7-9-22(34-11-13-35(14-12-34)28(37)39-29(3,4)5)16-25(19)33-27-32-20(2)26(38-6)18-36(27)17-21-8-10-24(31)23(30)15-21/h7-10,15-16,18H,2,11-14,17H2,1,3-6H3,(H,32,33). The molecule has 0 bridgehead atoms. The van der Waals surface area contributed by atoms with Crippen molar-refractivity contribution < 1.29 is 18.7 Å². The van der Waals surface area contributed by atoms with E-state index in [0.29, 0.717) is 50.1 Å². The molecule has 0 atom stereocenters. The number of methoxy groups -OCH3 is 1. The summed E-state index contributed by atoms with van der Waals surface area (Å²) in [5.74, 6) is 0.652. The summed E-state index contributed by atoms with van der Waals surface area (Å²) in [6.07, 6.45) is 1.53. The van der Waals surface area contributed by atoms with Crippen molar-refractivity contribution in [1.29, 1.82) is 0 Å². The van der Waals surface area contributed by atoms with Gasteiger partial charge in [0.1, 0.15) is 11.4 Å². The third kappa shape index (κ3) is 7.03. The van der Waals surface area contributed by atoms with Crippen LogP contribution in [0.25, 0.3) is 0 Å². The van der Waals surface area contributed by atoms with Crippen LogP contribution in [0.2, 0.25) is 5.02 Å². The van der Waals surface area contributed by atoms with E-state index in [2.05, 4.69) is 22.9 Å². The molecule has 4 rings (SSSR count). The van der Waals surface area contributed by atoms with Gasteiger partial charge in [0.25, 0.3) is 0 Å². The largest absolute Gasteiger partial charge is 0.493 e. The number of rotatable bonds is 5. The molecule has 2 aliphatic rings. The van der Waals surface area contributed by atoms with Crippen molar-refractivity contribution in [3.63, 3.8) is 0 Å². The molecule has 208 valence electrons. The molecule has 0 radical (unpaired) electrons. The van der Waals surface area contributed by atoms with Crippen LogP contribution in [-0.4, -0.2) is 60.7 Å². The van der Waals surface area contributed by atoms with E-state index in [1.807, 2.05) is 50.9 Å². The van der Waals surface area contributed by atoms with E-state index in [0.717, 1.165) is 22.5 Å². The molecule has 0 aromatic heterocycles. The lowest BCUT2D eigenvalue weighted by molar-refractivity contribution is 0.0240. The molecule has 0 saturated carbocycles. The van der Waals surface area contributed by atoms with Gasteiger partial charge in [0.2, 0.25) is 5.96 Å². The first-order valence-electron chi connectivity index (χ1n) is 12.8. The van der Waals surface area contributed by atoms with Crippen LogP contribution in [0, 0.1) is 12.7 Å². The average molecular weight is 556 g/mol. The van der Waals surface area contributed by atoms with Gasteiger partial charge in [0, 0.05) is 31.9 Å². The molecule has 0 unspecified atom stereocenters. The highest BCUT2D eigenvalue weighted by Crippen LogP contribution is 2.29. The predicted octanol–water partition coefficient (Wildman–Crippen LogP) is 5.94. The molecule has 0 aliphatic carbocycles. The monoisotopic (exact) mass is 555 g/mol. The number of hydrogen-bond donors (Lipinski definition) is 1. The first-order valence-corrected chi connectivity index (χ1v) is 13.2. The fourth-order valence-electron chi connectivity index (χ4n) is 4.27. The molecular weight excluding hydrogens is 521 g/mol. The summed E-state index contributed by atoms with van der Waals surface area (Å²) in [5.41, 5.74) is 3.67. The van der Waals surface area contributed by atoms with Crippen molar-refractivity contribution in [2.45, 2.75) is 39.8 Å². The van der Waals surface area contributed by atoms with Crippen molar-refractivity contribution >= 4 is 35.0 Å². The zero-order valence-corrected chi connectivity index (χ0v) is 23.8. The summed E-state index contributed by atoms with van der Waals surface area (Å²) in [4.78, 5) is 23.3. The molecule has 2 aromatic rings. The van der Waals surface area contributed by atoms with Crippen LogP contribution in [0.1, 0.15) is 31.9 Å². The average Bonchev–Trinajstić information content (AvgIpc) is 2.88. The zero-order valence-electron chi connectivity index (χ0n) is 23.1. The molecule has 1 saturated heterocycles. The molecular formula is C29H35ClFN5O3. The maximum Gasteiger partial charge on any atom is 0.410 e. The lowest BCUT2D eigenvalue weighted by atomic mass is 10.1. The second kappa shape index (κ2) is 11.6. The summed E-state index contributed by atoms with van der Waals surface area (Å²) < 4.78 is 24.7. The number of halogens is 2. The first kappa shape index (κ1) is 28.3. The number of benzene rings is 2. The summed E-state index contributed by atoms with van der Waals surface area (Å²) in [6, 6.07) is 10.8. The molecule has 2 aromatic carbocycles. The van der Waals surface area contributed by atoms with E-state index in [-0.39, 0.29) is 11.1 Å². The van der Waals surface area contributed by atoms with Crippen LogP contribution in [0.3, 0.4) is 0 Å². The number of carbonyl (C=O) groups excluding carboxylic acids is 1. The van der Waals surface area contributed by atoms with Crippen LogP contribution >= 0.6 is 11.6 Å². The number of amides is 1. The zero-order chi connectivity index (χ0) is 28.3. The van der Waals surface area contributed by atoms with Gasteiger partial charge >= 0.3 is 6.09 Å². The van der Waals surface area contributed by atoms with Gasteiger partial charge in [-0.05, 0) is 63.1 Å². The predicted molar refractivity (Wildman–Crippen MR) is 153 cm³/mol. The van der Waals surface area contributed by atoms with E-state index in [9.17, 15) is 9.18 Å². The lowest BCUT2D eigenvalue weighted by Crippen LogP contribution is -2.50. The van der Waals surface area contributed by atoms with E-state index in [1.54, 1.807) is 24.1 Å². The Kier molecular flexibility index (Phi) is 8.39. The third-order valence-electron chi connectivity index (χ3n) is 6.38. The molecule has 39 heavy (non-hydrogen) atoms. The Labute approximate surface area is 234 Å². The van der Waals surface area contributed by atoms with Gasteiger partial charge in [0.05, 0.1) is 36.3 Å². The maximum absolute atomic E-state index is 13.7. The quantitative estimate of drug-likeness (QED) is 0.492. The number of piperazine rings is 1. The smallest absolute Gasteiger partial charge is 0.410 e. The molecule has 2 aliphatic heterocycles. The fraction of sp³-hybridized carbons (Fsp3) is 0.379. The second-order valence-electron chi connectivity index (χ2n) is 10.5. The summed E-state index contributed by atoms with van der Waals surface area (Å²) in [6.45, 7) is 14.6. The highest BCUT2D eigenvalue weighted by molar-refractivity contribution is 6.30. The Bertz CT molecular complexity index is 1310. The van der Waals surface area contributed by atoms with E-state index in [1.165, 1.54) is 6.07 Å². The molecule has 2 heterocycles. The highest BCUT2D eigenvalue weighted by atomic mass is 35.5. The third-order valence-corrected chi connectivity index (χ3v) is 6.67. The summed E-state index contributed by atoms with van der Waals surface area (Å²) >= 11 is 6.02. The van der Waals surface area contributed by atoms with Gasteiger partial charge in [-0.2, -0.15) is 0 Å². The molecule has 10 heteroatoms. The minimum atomic E-state index is -0.520. The topological polar surface area (TPSA) is 69.6 Å². The van der Waals surface area contributed by atoms with Gasteiger partial charge in [-0.3, -0.25) is 0 Å². The van der Waals surface area contributed by atoms with Gasteiger partial charge in [-0.25, -0.2) is 14.2 Å². The Balaban J connectivity index is 1.55. The van der Waals surface area contributed by atoms with Crippen molar-refractivity contribution in [3.8, 4) is 0 Å². The van der Waals surface area contributed by atoms with Crippen LogP contribution in [0.5, 0.6) is 0 Å². The fourth-order valence-corrected chi connectivity index (χ4v) is 4.48. The van der Waals surface area contributed by atoms with E-state index in [4.69, 9.17) is 26.1 Å². The van der Waals surface area contributed by atoms with Crippen molar-refractivity contribution in [1.82, 2.24) is 15.1 Å². The minimum absolute atomic E-state index is 0.0617. The van der Waals surface area contributed by atoms with Crippen LogP contribution in [0.15, 0.2) is 65.6 Å². The van der Waals surface area contributed by atoms with Crippen LogP contribution in [0.4, 0.5) is 20.6 Å². The van der Waals surface area contributed by atoms with Crippen molar-refractivity contribution in [3.05, 3.63) is 82.6 Å². The number of ether oxygens (including phenoxy) is 2. The van der Waals surface area contributed by atoms with Gasteiger partial charge in [-0.15, -0.1) is 0 Å². The van der Waals surface area contributed by atoms with Gasteiger partial charge in [-0.1, -0.05) is 30.3 Å². The molecule has 8 nitrogen and oxygen atoms in total. The molecule has 0 spiro atoms. The van der Waals surface area contributed by atoms with E-state index < -0.39 is 11.4 Å². The van der Waals surface area contributed by atoms with Gasteiger partial charge < -0.3 is 29.5 Å². The molecule has 1 fully saturated rings. The number of aliphatic imine (C=N–C) groups is 1. The van der Waals surface area contributed by atoms with Crippen LogP contribution in [-0.2, 0) is 16.0 Å². The van der Waals surface area contributed by atoms with E-state index >= 15 is 0 Å². The summed E-state index contributed by atoms with van der Waals surface area (Å²) in [5, 5.41) is 3.30. The Morgan fingerprint density at radius 2 is 1.87 bits per heavy atom. The summed E-state index contributed by atoms with van der Waals surface area (Å²) in [7, 11) is 1.57. The minimum Gasteiger partial charge on any atom is -0.493 e. The van der Waals surface area contributed by atoms with Crippen LogP contribution < -0.4 is 10.2 Å². The number of carbonyl (C=O) groups is 1. The number of nitrogens with zero attached hydrogens (tertiary/aromatic N) is 4. The van der Waals surface area contributed by atoms with Crippen molar-refractivity contribution in [2.24, 2.45) is 4.99 Å². The maximum atomic E-state index is 13.7. The first-order chi connectivity index (χ1) is 18.4. The van der Waals surface area contributed by atoms with Gasteiger partial charge in [0.15, 0.2) is 5.76 Å². The van der Waals surface area contributed by atoms with Crippen molar-refractivity contribution in [2.75, 3.05) is 38.2 Å². The molecule has 1 amide bonds.